The molecule has 21 aliphatic rings. The van der Waals surface area contributed by atoms with E-state index in [1.165, 1.54) is 0 Å². The number of hydrogen-bond donors (Lipinski definition) is 21. The highest BCUT2D eigenvalue weighted by Gasteiger charge is 2.59. The molecule has 77 heavy (non-hydrogen) atoms. The Balaban J connectivity index is 1.08. The number of ether oxygens (including phenoxy) is 14. The summed E-state index contributed by atoms with van der Waals surface area (Å²) in [6.45, 7) is -7.33. The van der Waals surface area contributed by atoms with E-state index in [4.69, 9.17) is 66.3 Å². The molecule has 0 amide bonds. The van der Waals surface area contributed by atoms with Crippen LogP contribution in [0.15, 0.2) is 0 Å². The van der Waals surface area contributed by atoms with Crippen LogP contribution in [-0.2, 0) is 66.3 Å². The second-order valence-corrected chi connectivity index (χ2v) is 19.7. The summed E-state index contributed by atoms with van der Waals surface area (Å²) in [5, 5.41) is 230. The Labute approximate surface area is 434 Å². The lowest BCUT2D eigenvalue weighted by Crippen LogP contribution is -2.68. The number of aliphatic hydroxyl groups is 21. The maximum Gasteiger partial charge on any atom is 0.187 e. The molecule has 0 aromatic heterocycles. The molecule has 0 aromatic rings. The average Bonchev–Trinajstić information content (AvgIpc) is 3.45. The van der Waals surface area contributed by atoms with Gasteiger partial charge >= 0.3 is 0 Å². The van der Waals surface area contributed by atoms with Crippen molar-refractivity contribution in [1.82, 2.24) is 0 Å². The van der Waals surface area contributed by atoms with Crippen LogP contribution in [0, 0.1) is 0 Å². The van der Waals surface area contributed by atoms with Crippen molar-refractivity contribution in [3.8, 4) is 0 Å². The van der Waals surface area contributed by atoms with Crippen LogP contribution in [0.25, 0.3) is 0 Å². The van der Waals surface area contributed by atoms with Gasteiger partial charge in [-0.3, -0.25) is 0 Å². The van der Waals surface area contributed by atoms with Crippen LogP contribution in [-0.4, -0.2) is 368 Å². The summed E-state index contributed by atoms with van der Waals surface area (Å²) in [7, 11) is 0. The van der Waals surface area contributed by atoms with Crippen LogP contribution in [0.1, 0.15) is 0 Å². The molecule has 0 saturated carbocycles. The van der Waals surface area contributed by atoms with Gasteiger partial charge in [-0.15, -0.1) is 0 Å². The van der Waals surface area contributed by atoms with E-state index < -0.39 is 261 Å². The van der Waals surface area contributed by atoms with Gasteiger partial charge in [0.25, 0.3) is 0 Å². The second-order valence-electron chi connectivity index (χ2n) is 19.7. The van der Waals surface area contributed by atoms with Gasteiger partial charge in [0.2, 0.25) is 0 Å². The third kappa shape index (κ3) is 12.1. The largest absolute Gasteiger partial charge is 0.394 e. The summed E-state index contributed by atoms with van der Waals surface area (Å²) >= 11 is 0. The van der Waals surface area contributed by atoms with Crippen LogP contribution in [0.3, 0.4) is 0 Å². The van der Waals surface area contributed by atoms with E-state index in [9.17, 15) is 107 Å². The topological polar surface area (TPSA) is 554 Å². The zero-order chi connectivity index (χ0) is 56.1. The van der Waals surface area contributed by atoms with Crippen molar-refractivity contribution < 1.29 is 174 Å². The van der Waals surface area contributed by atoms with E-state index in [-0.39, 0.29) is 0 Å². The number of hydrogen-bond acceptors (Lipinski definition) is 35. The Morgan fingerprint density at radius 1 is 0.156 bits per heavy atom. The van der Waals surface area contributed by atoms with Gasteiger partial charge in [-0.05, 0) is 0 Å². The summed E-state index contributed by atoms with van der Waals surface area (Å²) < 4.78 is 79.5. The van der Waals surface area contributed by atoms with E-state index >= 15 is 0 Å². The van der Waals surface area contributed by atoms with E-state index in [2.05, 4.69) is 0 Å². The molecule has 448 valence electrons. The molecule has 0 spiro atoms. The Morgan fingerprint density at radius 2 is 0.260 bits per heavy atom. The van der Waals surface area contributed by atoms with Gasteiger partial charge in [-0.25, -0.2) is 0 Å². The molecule has 35 atom stereocenters. The fourth-order valence-corrected chi connectivity index (χ4v) is 10.4. The summed E-state index contributed by atoms with van der Waals surface area (Å²) in [4.78, 5) is 0. The molecule has 0 radical (unpaired) electrons. The monoisotopic (exact) mass is 1130 g/mol. The Morgan fingerprint density at radius 3 is 0.351 bits per heavy atom. The average molecular weight is 1130 g/mol. The highest BCUT2D eigenvalue weighted by Crippen LogP contribution is 2.39. The van der Waals surface area contributed by atoms with Crippen molar-refractivity contribution in [1.29, 1.82) is 0 Å². The molecular weight excluding hydrogens is 1060 g/mol. The third-order valence-electron chi connectivity index (χ3n) is 14.8. The van der Waals surface area contributed by atoms with Crippen LogP contribution in [0.4, 0.5) is 0 Å². The molecule has 21 fully saturated rings. The molecule has 21 heterocycles. The standard InChI is InChI=1S/C42H70O35/c43-1-8-29-15(50)22(57)36(64-8)72-30-9(2-44)66-38(24(59)17(30)52)74-32-11(4-46)68-40(26(61)19(32)54)76-34-13(6-48)70-42(28(63)21(34)56)77-35-14(7-49)69-41(27(62)20(35)55)75-33-12(5-47)67-39(25(60)18(33)53)73-31-10(3-45)65-37(71-29)23(58)16(31)51/h8-63H,1-7H2/t8-,9-,10-,11-,12-,13-,14-,15-,16-,17-,18-,19-,20-,21+,22-,23-,24-,25-,26-,27-,28-,29-,30-,31-,32-,33-,34-,35-,36-,37-,38-,39-,40-,41-,42-/m1/s1. The lowest BCUT2D eigenvalue weighted by molar-refractivity contribution is -0.396. The Bertz CT molecular complexity index is 1470. The molecule has 0 unspecified atom stereocenters. The lowest BCUT2D eigenvalue weighted by Gasteiger charge is -2.50. The maximum absolute atomic E-state index is 11.3. The van der Waals surface area contributed by atoms with Gasteiger partial charge < -0.3 is 174 Å². The summed E-state index contributed by atoms with van der Waals surface area (Å²) in [6, 6.07) is 0. The molecule has 0 aliphatic carbocycles. The molecule has 21 saturated heterocycles. The highest BCUT2D eigenvalue weighted by atomic mass is 16.8. The quantitative estimate of drug-likeness (QED) is 0.113. The molecule has 14 bridgehead atoms. The Kier molecular flexibility index (Phi) is 20.8. The first-order valence-electron chi connectivity index (χ1n) is 24.6. The molecule has 21 aliphatic heterocycles. The van der Waals surface area contributed by atoms with Gasteiger partial charge in [0.1, 0.15) is 171 Å². The van der Waals surface area contributed by atoms with Crippen molar-refractivity contribution in [2.24, 2.45) is 0 Å². The minimum absolute atomic E-state index is 1.05. The van der Waals surface area contributed by atoms with Crippen molar-refractivity contribution in [2.75, 3.05) is 46.2 Å². The van der Waals surface area contributed by atoms with Gasteiger partial charge in [0, 0.05) is 0 Å². The molecule has 35 heteroatoms. The summed E-state index contributed by atoms with van der Waals surface area (Å²) in [6.07, 6.45) is -70.2. The maximum atomic E-state index is 11.3. The van der Waals surface area contributed by atoms with Crippen molar-refractivity contribution in [3.63, 3.8) is 0 Å². The first-order valence-corrected chi connectivity index (χ1v) is 24.6. The zero-order valence-corrected chi connectivity index (χ0v) is 40.3. The van der Waals surface area contributed by atoms with E-state index in [0.29, 0.717) is 0 Å². The number of rotatable bonds is 7. The fraction of sp³-hybridized carbons (Fsp3) is 1.00. The third-order valence-corrected chi connectivity index (χ3v) is 14.8. The van der Waals surface area contributed by atoms with Crippen LogP contribution in [0.5, 0.6) is 0 Å². The van der Waals surface area contributed by atoms with E-state index in [1.807, 2.05) is 0 Å². The van der Waals surface area contributed by atoms with Crippen molar-refractivity contribution >= 4 is 0 Å². The van der Waals surface area contributed by atoms with Crippen LogP contribution < -0.4 is 0 Å². The first-order chi connectivity index (χ1) is 36.7. The smallest absolute Gasteiger partial charge is 0.187 e. The summed E-state index contributed by atoms with van der Waals surface area (Å²) in [5.74, 6) is 0. The predicted molar refractivity (Wildman–Crippen MR) is 228 cm³/mol. The Hall–Kier alpha value is -1.40. The van der Waals surface area contributed by atoms with E-state index in [0.717, 1.165) is 0 Å². The first kappa shape index (κ1) is 61.7. The molecule has 21 N–H and O–H groups in total. The zero-order valence-electron chi connectivity index (χ0n) is 40.3. The number of aliphatic hydroxyl groups excluding tert-OH is 21. The van der Waals surface area contributed by atoms with Crippen molar-refractivity contribution in [2.45, 2.75) is 215 Å². The van der Waals surface area contributed by atoms with Gasteiger partial charge in [-0.2, -0.15) is 0 Å². The lowest BCUT2D eigenvalue weighted by atomic mass is 9.95. The van der Waals surface area contributed by atoms with Crippen LogP contribution in [0.2, 0.25) is 0 Å². The van der Waals surface area contributed by atoms with Crippen LogP contribution >= 0.6 is 0 Å². The minimum Gasteiger partial charge on any atom is -0.394 e. The van der Waals surface area contributed by atoms with Gasteiger partial charge in [-0.1, -0.05) is 0 Å². The summed E-state index contributed by atoms with van der Waals surface area (Å²) in [5.41, 5.74) is 0. The normalized spacial score (nSPS) is 55.4. The highest BCUT2D eigenvalue weighted by molar-refractivity contribution is 5.01. The van der Waals surface area contributed by atoms with Gasteiger partial charge in [0.15, 0.2) is 44.0 Å². The van der Waals surface area contributed by atoms with E-state index in [1.54, 1.807) is 0 Å². The molecule has 0 aromatic carbocycles. The van der Waals surface area contributed by atoms with Gasteiger partial charge in [0.05, 0.1) is 46.2 Å². The SMILES string of the molecule is OC[C@H]1O[C@@H]2O[C@H]3[C@H](O)[C@@H](O)[C@@H](O[C@H]4[C@H](O)[C@@H](O)[C@@H](O[C@H]5[C@@H](O)[C@@H](O)[C@@H](O[C@H]6[C@H](O)[C@@H](O)[C@@H](O[C@H]7[C@H](O)[C@@H](O)[C@@H](O[C@H]8[C@H](O)[C@@H](O)[C@@H](O[C@H]1[C@H](O)[C@H]2O)O[C@@H]8CO)O[C@@H]7CO)O[C@@H]6CO)O[C@@H]5CO)O[C@@H]4CO)O[C@@H]3CO. The molecular formula is C42H70O35. The molecule has 21 rings (SSSR count). The predicted octanol–water partition coefficient (Wildman–Crippen LogP) is -15.2. The molecule has 35 nitrogen and oxygen atoms in total. The second kappa shape index (κ2) is 26.0. The minimum atomic E-state index is -2.21. The van der Waals surface area contributed by atoms with Crippen molar-refractivity contribution in [3.05, 3.63) is 0 Å². The fourth-order valence-electron chi connectivity index (χ4n) is 10.4.